The molecule has 2 aliphatic carbocycles. The number of hydrogen-bond donors (Lipinski definition) is 12. The smallest absolute Gasteiger partial charge is 0.297 e. The zero-order chi connectivity index (χ0) is 53.3. The van der Waals surface area contributed by atoms with Gasteiger partial charge < -0.3 is 20.8 Å². The maximum atomic E-state index is 13.7. The van der Waals surface area contributed by atoms with E-state index in [1.54, 1.807) is 0 Å². The summed E-state index contributed by atoms with van der Waals surface area (Å²) in [6.07, 6.45) is 1.47. The summed E-state index contributed by atoms with van der Waals surface area (Å²) < 4.78 is 208. The van der Waals surface area contributed by atoms with Crippen molar-refractivity contribution in [2.75, 3.05) is 21.5 Å². The highest BCUT2D eigenvalue weighted by atomic mass is 32.2. The molecule has 0 spiro atoms. The average Bonchev–Trinajstić information content (AvgIpc) is 3.24. The number of allylic oxidation sites excluding steroid dienone is 2. The molecule has 0 radical (unpaired) electrons. The molecule has 0 fully saturated rings. The molecule has 31 nitrogen and oxygen atoms in total. The van der Waals surface area contributed by atoms with E-state index in [1.807, 2.05) is 10.9 Å². The van der Waals surface area contributed by atoms with Crippen LogP contribution in [0.25, 0.3) is 12.2 Å². The first-order chi connectivity index (χ1) is 33.1. The van der Waals surface area contributed by atoms with Gasteiger partial charge in [0.2, 0.25) is 23.5 Å². The Morgan fingerprint density at radius 2 is 0.806 bits per heavy atom. The van der Waals surface area contributed by atoms with E-state index >= 15 is 0 Å². The van der Waals surface area contributed by atoms with Crippen molar-refractivity contribution in [3.05, 3.63) is 99.1 Å². The second-order valence-electron chi connectivity index (χ2n) is 14.2. The summed E-state index contributed by atoms with van der Waals surface area (Å²) in [5, 5.41) is 32.1. The molecule has 0 bridgehead atoms. The Morgan fingerprint density at radius 1 is 0.444 bits per heavy atom. The molecule has 7 rings (SSSR count). The number of aromatic nitrogens is 3. The number of aromatic hydroxyl groups is 2. The Hall–Kier alpha value is -7.69. The monoisotopic (exact) mass is 1110 g/mol. The molecule has 0 unspecified atom stereocenters. The number of carbonyl (C=O) groups is 2. The van der Waals surface area contributed by atoms with Gasteiger partial charge in [-0.2, -0.15) is 65.7 Å². The van der Waals surface area contributed by atoms with E-state index in [0.29, 0.717) is 30.6 Å². The lowest BCUT2D eigenvalue weighted by molar-refractivity contribution is 0.105. The number of nitrogens with zero attached hydrogens (tertiary/aromatic N) is 5. The highest BCUT2D eigenvalue weighted by molar-refractivity contribution is 7.91. The van der Waals surface area contributed by atoms with Crippen molar-refractivity contribution >= 4 is 130 Å². The molecule has 4 aromatic carbocycles. The molecule has 1 heterocycles. The number of phenolic OH excluding ortho intramolecular Hbond substituents is 2. The fourth-order valence-corrected chi connectivity index (χ4v) is 10.5. The molecule has 1 aromatic heterocycles. The third-order valence-corrected chi connectivity index (χ3v) is 14.9. The number of anilines is 6. The SMILES string of the molecule is O=C1/C(=N/Nc2cc(S(=O)(=O)O)ccc2O)C(S(=O)(=O)O)=Cc2c1ccc(Nc1ncnc(Nc3ccc4c(c3S(=O)(=O)O)C=C(S(=O)(=O)O)/C(=N/Nc3cc(S(=O)(=O)O)ccc3O)C4=O)n1)c2S(=O)(=O)O. The minimum atomic E-state index is -5.56. The second kappa shape index (κ2) is 18.2. The van der Waals surface area contributed by atoms with Crippen molar-refractivity contribution < 1.29 is 97.6 Å². The number of ketones is 2. The van der Waals surface area contributed by atoms with E-state index in [4.69, 9.17) is 0 Å². The molecule has 5 aromatic rings. The van der Waals surface area contributed by atoms with E-state index in [0.717, 1.165) is 48.5 Å². The van der Waals surface area contributed by atoms with E-state index in [1.165, 1.54) is 0 Å². The van der Waals surface area contributed by atoms with Crippen LogP contribution in [0.2, 0.25) is 0 Å². The van der Waals surface area contributed by atoms with Crippen LogP contribution >= 0.6 is 0 Å². The molecular weight excluding hydrogens is 1090 g/mol. The Balaban J connectivity index is 1.26. The summed E-state index contributed by atoms with van der Waals surface area (Å²) in [5.74, 6) is -5.77. The molecule has 0 amide bonds. The van der Waals surface area contributed by atoms with Crippen LogP contribution in [-0.2, 0) is 60.7 Å². The van der Waals surface area contributed by atoms with Crippen LogP contribution in [0.1, 0.15) is 31.8 Å². The molecule has 0 saturated heterocycles. The van der Waals surface area contributed by atoms with Crippen molar-refractivity contribution in [1.29, 1.82) is 0 Å². The van der Waals surface area contributed by atoms with Gasteiger partial charge in [0.05, 0.1) is 32.5 Å². The van der Waals surface area contributed by atoms with Crippen LogP contribution in [0, 0.1) is 0 Å². The lowest BCUT2D eigenvalue weighted by Gasteiger charge is -2.21. The number of benzene rings is 4. The predicted molar refractivity (Wildman–Crippen MR) is 245 cm³/mol. The van der Waals surface area contributed by atoms with Gasteiger partial charge in [0.1, 0.15) is 37.4 Å². The second-order valence-corrected chi connectivity index (χ2v) is 22.6. The molecule has 12 N–H and O–H groups in total. The summed E-state index contributed by atoms with van der Waals surface area (Å²) in [4.78, 5) is 32.0. The number of fused-ring (bicyclic) bond motifs is 2. The molecule has 0 saturated carbocycles. The number of hydrogen-bond acceptors (Lipinski definition) is 25. The Labute approximate surface area is 402 Å². The number of carbonyl (C=O) groups excluding carboxylic acids is 2. The van der Waals surface area contributed by atoms with Gasteiger partial charge in [-0.1, -0.05) is 0 Å². The standard InChI is InChI=1S/C35H25N9O22S6/c45-24-7-1-14(67(49,50)51)9-22(24)41-43-28-26(69(55,56)57)11-18-16(30(28)47)3-5-20(32(18)71(61,62)63)38-34-36-13-37-35(40-34)39-21-6-4-17-19(33(21)72(64,65)66)12-27(70(58,59)60)29(31(17)48)44-42-23-10-15(68(52,53)54)2-8-25(23)46/h1-13,41-42,45-46H,(H,49,50,51)(H,52,53,54)(H,55,56,57)(H,58,59,60)(H,61,62,63)(H,64,65,66)(H2,36,37,38,39,40)/b43-28-,44-29+. The van der Waals surface area contributed by atoms with E-state index in [2.05, 4.69) is 35.8 Å². The maximum absolute atomic E-state index is 13.7. The van der Waals surface area contributed by atoms with Crippen molar-refractivity contribution in [2.45, 2.75) is 19.6 Å². The third kappa shape index (κ3) is 10.6. The highest BCUT2D eigenvalue weighted by Gasteiger charge is 2.39. The van der Waals surface area contributed by atoms with Crippen LogP contribution in [0.4, 0.5) is 34.6 Å². The normalized spacial score (nSPS) is 15.6. The summed E-state index contributed by atoms with van der Waals surface area (Å²) in [5.41, 5.74) is -4.23. The number of nitrogens with one attached hydrogen (secondary N) is 4. The zero-order valence-corrected chi connectivity index (χ0v) is 39.4. The number of Topliss-reactive ketones (excluding diaryl/α,β-unsaturated/α-hetero) is 2. The lowest BCUT2D eigenvalue weighted by Crippen LogP contribution is -2.28. The topological polar surface area (TPSA) is 512 Å². The third-order valence-electron chi connectivity index (χ3n) is 9.57. The summed E-state index contributed by atoms with van der Waals surface area (Å²) >= 11 is 0. The molecule has 72 heavy (non-hydrogen) atoms. The van der Waals surface area contributed by atoms with Gasteiger partial charge in [-0.15, -0.1) is 0 Å². The first kappa shape index (κ1) is 52.1. The molecule has 2 aliphatic rings. The Bertz CT molecular complexity index is 3840. The zero-order valence-electron chi connectivity index (χ0n) is 34.5. The van der Waals surface area contributed by atoms with Crippen LogP contribution in [0.3, 0.4) is 0 Å². The number of phenols is 2. The molecule has 0 atom stereocenters. The number of rotatable bonds is 14. The molecule has 37 heteroatoms. The number of hydrazone groups is 2. The maximum Gasteiger partial charge on any atom is 0.297 e. The quantitative estimate of drug-likeness (QED) is 0.0426. The largest absolute Gasteiger partial charge is 0.506 e. The predicted octanol–water partition coefficient (Wildman–Crippen LogP) is 1.54. The van der Waals surface area contributed by atoms with Gasteiger partial charge in [0.25, 0.3) is 60.7 Å². The summed E-state index contributed by atoms with van der Waals surface area (Å²) in [6.45, 7) is 0. The van der Waals surface area contributed by atoms with E-state index in [-0.39, 0.29) is 0 Å². The van der Waals surface area contributed by atoms with Gasteiger partial charge in [-0.05, 0) is 72.8 Å². The first-order valence-electron chi connectivity index (χ1n) is 18.4. The molecule has 0 aliphatic heterocycles. The van der Waals surface area contributed by atoms with Gasteiger partial charge in [0.15, 0.2) is 11.4 Å². The first-order valence-corrected chi connectivity index (χ1v) is 27.1. The Kier molecular flexibility index (Phi) is 13.2. The van der Waals surface area contributed by atoms with Crippen LogP contribution in [0.15, 0.2) is 107 Å². The van der Waals surface area contributed by atoms with Gasteiger partial charge >= 0.3 is 0 Å². The fraction of sp³-hybridized carbons (Fsp3) is 0. The highest BCUT2D eigenvalue weighted by Crippen LogP contribution is 2.39. The van der Waals surface area contributed by atoms with Gasteiger partial charge in [-0.3, -0.25) is 47.8 Å². The van der Waals surface area contributed by atoms with Crippen LogP contribution in [0.5, 0.6) is 11.5 Å². The van der Waals surface area contributed by atoms with Crippen molar-refractivity contribution in [3.63, 3.8) is 0 Å². The van der Waals surface area contributed by atoms with Crippen LogP contribution in [-0.4, -0.2) is 126 Å². The average molecular weight is 1120 g/mol. The van der Waals surface area contributed by atoms with Crippen molar-refractivity contribution in [2.24, 2.45) is 10.2 Å². The molecular formula is C35H25N9O22S6. The minimum Gasteiger partial charge on any atom is -0.506 e. The molecule has 378 valence electrons. The summed E-state index contributed by atoms with van der Waals surface area (Å²) in [7, 11) is -32.0. The van der Waals surface area contributed by atoms with Crippen LogP contribution < -0.4 is 21.5 Å². The van der Waals surface area contributed by atoms with Gasteiger partial charge in [-0.25, -0.2) is 9.97 Å². The summed E-state index contributed by atoms with van der Waals surface area (Å²) in [6, 6.07) is 7.65. The fourth-order valence-electron chi connectivity index (χ4n) is 6.54. The lowest BCUT2D eigenvalue weighted by atomic mass is 9.94. The minimum absolute atomic E-state index is 0.386. The van der Waals surface area contributed by atoms with Crippen molar-refractivity contribution in [3.8, 4) is 11.5 Å². The van der Waals surface area contributed by atoms with Gasteiger partial charge in [0, 0.05) is 22.3 Å². The van der Waals surface area contributed by atoms with Crippen molar-refractivity contribution in [1.82, 2.24) is 15.0 Å². The van der Waals surface area contributed by atoms with E-state index in [9.17, 15) is 97.6 Å². The van der Waals surface area contributed by atoms with E-state index < -0.39 is 181 Å². The Morgan fingerprint density at radius 3 is 1.12 bits per heavy atom.